The quantitative estimate of drug-likeness (QED) is 0.631. The van der Waals surface area contributed by atoms with E-state index < -0.39 is 4.92 Å². The number of anilines is 1. The van der Waals surface area contributed by atoms with Crippen LogP contribution < -0.4 is 5.32 Å². The number of aromatic nitrogens is 1. The normalized spacial score (nSPS) is 12.5. The molecule has 1 N–H and O–H groups in total. The van der Waals surface area contributed by atoms with Gasteiger partial charge >= 0.3 is 5.69 Å². The summed E-state index contributed by atoms with van der Waals surface area (Å²) in [5.74, 6) is 0.899. The maximum Gasteiger partial charge on any atom is 0.311 e. The number of nitrogens with one attached hydrogen (secondary N) is 1. The predicted molar refractivity (Wildman–Crippen MR) is 68.2 cm³/mol. The van der Waals surface area contributed by atoms with Crippen molar-refractivity contribution in [1.82, 2.24) is 4.98 Å². The van der Waals surface area contributed by atoms with E-state index in [-0.39, 0.29) is 11.7 Å². The van der Waals surface area contributed by atoms with Gasteiger partial charge in [-0.25, -0.2) is 4.98 Å². The Hall–Kier alpha value is -1.65. The molecule has 1 unspecified atom stereocenters. The number of hydrogen-bond acceptors (Lipinski definition) is 4. The van der Waals surface area contributed by atoms with Crippen molar-refractivity contribution in [2.24, 2.45) is 5.92 Å². The summed E-state index contributed by atoms with van der Waals surface area (Å²) in [6.45, 7) is 8.04. The molecule has 1 rings (SSSR count). The van der Waals surface area contributed by atoms with Crippen LogP contribution in [0.2, 0.25) is 0 Å². The highest BCUT2D eigenvalue weighted by atomic mass is 16.6. The summed E-state index contributed by atoms with van der Waals surface area (Å²) >= 11 is 0. The van der Waals surface area contributed by atoms with Crippen molar-refractivity contribution in [3.63, 3.8) is 0 Å². The van der Waals surface area contributed by atoms with Crippen LogP contribution in [0.5, 0.6) is 0 Å². The van der Waals surface area contributed by atoms with Gasteiger partial charge in [-0.3, -0.25) is 10.1 Å². The molecule has 17 heavy (non-hydrogen) atoms. The van der Waals surface area contributed by atoms with Gasteiger partial charge in [-0.15, -0.1) is 0 Å². The Morgan fingerprint density at radius 1 is 1.47 bits per heavy atom. The second-order valence-electron chi connectivity index (χ2n) is 4.81. The highest BCUT2D eigenvalue weighted by Crippen LogP contribution is 2.23. The fourth-order valence-electron chi connectivity index (χ4n) is 1.80. The molecule has 0 aromatic carbocycles. The zero-order valence-electron chi connectivity index (χ0n) is 10.7. The molecule has 1 heterocycles. The first-order valence-corrected chi connectivity index (χ1v) is 5.77. The minimum absolute atomic E-state index is 0.0422. The Morgan fingerprint density at radius 3 is 2.65 bits per heavy atom. The van der Waals surface area contributed by atoms with Crippen LogP contribution in [-0.4, -0.2) is 15.9 Å². The third-order valence-corrected chi connectivity index (χ3v) is 2.41. The van der Waals surface area contributed by atoms with Crippen LogP contribution in [0.3, 0.4) is 0 Å². The summed E-state index contributed by atoms with van der Waals surface area (Å²) in [6.07, 6.45) is 2.59. The monoisotopic (exact) mass is 237 g/mol. The van der Waals surface area contributed by atoms with E-state index in [0.29, 0.717) is 11.7 Å². The summed E-state index contributed by atoms with van der Waals surface area (Å²) in [4.78, 5) is 14.6. The van der Waals surface area contributed by atoms with Crippen molar-refractivity contribution in [2.45, 2.75) is 40.2 Å². The van der Waals surface area contributed by atoms with E-state index in [2.05, 4.69) is 24.1 Å². The van der Waals surface area contributed by atoms with Crippen molar-refractivity contribution in [1.29, 1.82) is 0 Å². The molecule has 0 amide bonds. The van der Waals surface area contributed by atoms with Gasteiger partial charge < -0.3 is 5.32 Å². The molecule has 0 aliphatic rings. The van der Waals surface area contributed by atoms with Gasteiger partial charge in [-0.1, -0.05) is 13.8 Å². The van der Waals surface area contributed by atoms with E-state index in [0.717, 1.165) is 12.0 Å². The second-order valence-corrected chi connectivity index (χ2v) is 4.81. The Bertz CT molecular complexity index is 405. The van der Waals surface area contributed by atoms with Gasteiger partial charge in [-0.2, -0.15) is 0 Å². The molecular weight excluding hydrogens is 218 g/mol. The number of hydrogen-bond donors (Lipinski definition) is 1. The fraction of sp³-hybridized carbons (Fsp3) is 0.583. The van der Waals surface area contributed by atoms with Crippen molar-refractivity contribution >= 4 is 11.5 Å². The summed E-state index contributed by atoms with van der Waals surface area (Å²) in [5.41, 5.74) is 0.833. The first-order chi connectivity index (χ1) is 7.90. The molecule has 94 valence electrons. The zero-order chi connectivity index (χ0) is 13.0. The van der Waals surface area contributed by atoms with Crippen molar-refractivity contribution < 1.29 is 4.92 Å². The van der Waals surface area contributed by atoms with Crippen molar-refractivity contribution in [3.05, 3.63) is 27.9 Å². The Labute approximate surface area is 101 Å². The van der Waals surface area contributed by atoms with E-state index in [1.54, 1.807) is 13.1 Å². The summed E-state index contributed by atoms with van der Waals surface area (Å²) in [5, 5.41) is 14.0. The minimum Gasteiger partial charge on any atom is -0.362 e. The van der Waals surface area contributed by atoms with Gasteiger partial charge in [-0.05, 0) is 31.7 Å². The number of nitrogens with zero attached hydrogens (tertiary/aromatic N) is 2. The van der Waals surface area contributed by atoms with Crippen LogP contribution in [0.15, 0.2) is 12.3 Å². The molecule has 1 aromatic heterocycles. The topological polar surface area (TPSA) is 68.1 Å². The summed E-state index contributed by atoms with van der Waals surface area (Å²) < 4.78 is 0. The van der Waals surface area contributed by atoms with Crippen LogP contribution in [0.25, 0.3) is 0 Å². The van der Waals surface area contributed by atoms with E-state index in [4.69, 9.17) is 0 Å². The number of pyridine rings is 1. The fourth-order valence-corrected chi connectivity index (χ4v) is 1.80. The Balaban J connectivity index is 2.86. The smallest absolute Gasteiger partial charge is 0.311 e. The second kappa shape index (κ2) is 5.61. The molecule has 0 aliphatic carbocycles. The number of nitro groups is 1. The number of rotatable bonds is 5. The van der Waals surface area contributed by atoms with Crippen LogP contribution >= 0.6 is 0 Å². The zero-order valence-corrected chi connectivity index (χ0v) is 10.7. The lowest BCUT2D eigenvalue weighted by Crippen LogP contribution is -2.19. The molecule has 1 aromatic rings. The first-order valence-electron chi connectivity index (χ1n) is 5.77. The van der Waals surface area contributed by atoms with E-state index in [1.165, 1.54) is 6.07 Å². The molecule has 0 bridgehead atoms. The maximum absolute atomic E-state index is 10.9. The van der Waals surface area contributed by atoms with Crippen LogP contribution in [0.1, 0.15) is 32.8 Å². The van der Waals surface area contributed by atoms with Gasteiger partial charge in [0.25, 0.3) is 0 Å². The summed E-state index contributed by atoms with van der Waals surface area (Å²) in [7, 11) is 0. The SMILES string of the molecule is Cc1cnc(NC(C)CC(C)C)c([N+](=O)[O-])c1. The van der Waals surface area contributed by atoms with Gasteiger partial charge in [0.2, 0.25) is 5.82 Å². The molecule has 0 saturated carbocycles. The van der Waals surface area contributed by atoms with Gasteiger partial charge in [0.15, 0.2) is 0 Å². The van der Waals surface area contributed by atoms with Gasteiger partial charge in [0, 0.05) is 18.3 Å². The first kappa shape index (κ1) is 13.4. The minimum atomic E-state index is -0.398. The molecule has 0 spiro atoms. The third kappa shape index (κ3) is 4.01. The lowest BCUT2D eigenvalue weighted by atomic mass is 10.1. The highest BCUT2D eigenvalue weighted by molar-refractivity contribution is 5.56. The number of aryl methyl sites for hydroxylation is 1. The van der Waals surface area contributed by atoms with Crippen molar-refractivity contribution in [2.75, 3.05) is 5.32 Å². The summed E-state index contributed by atoms with van der Waals surface area (Å²) in [6, 6.07) is 1.71. The molecule has 1 atom stereocenters. The van der Waals surface area contributed by atoms with E-state index >= 15 is 0 Å². The van der Waals surface area contributed by atoms with Crippen LogP contribution in [0, 0.1) is 23.0 Å². The average molecular weight is 237 g/mol. The molecule has 0 radical (unpaired) electrons. The Kier molecular flexibility index (Phi) is 4.43. The van der Waals surface area contributed by atoms with Gasteiger partial charge in [0.05, 0.1) is 4.92 Å². The molecule has 0 saturated heterocycles. The third-order valence-electron chi connectivity index (χ3n) is 2.41. The van der Waals surface area contributed by atoms with Crippen molar-refractivity contribution in [3.8, 4) is 0 Å². The molecule has 0 fully saturated rings. The standard InChI is InChI=1S/C12H19N3O2/c1-8(2)5-10(4)14-12-11(15(16)17)6-9(3)7-13-12/h6-8,10H,5H2,1-4H3,(H,13,14). The maximum atomic E-state index is 10.9. The van der Waals surface area contributed by atoms with Gasteiger partial charge in [0.1, 0.15) is 0 Å². The molecular formula is C12H19N3O2. The molecule has 5 heteroatoms. The highest BCUT2D eigenvalue weighted by Gasteiger charge is 2.17. The Morgan fingerprint density at radius 2 is 2.12 bits per heavy atom. The lowest BCUT2D eigenvalue weighted by Gasteiger charge is -2.16. The lowest BCUT2D eigenvalue weighted by molar-refractivity contribution is -0.384. The molecule has 0 aliphatic heterocycles. The van der Waals surface area contributed by atoms with E-state index in [9.17, 15) is 10.1 Å². The average Bonchev–Trinajstić information content (AvgIpc) is 2.19. The largest absolute Gasteiger partial charge is 0.362 e. The van der Waals surface area contributed by atoms with Crippen LogP contribution in [-0.2, 0) is 0 Å². The predicted octanol–water partition coefficient (Wildman–Crippen LogP) is 3.14. The van der Waals surface area contributed by atoms with E-state index in [1.807, 2.05) is 6.92 Å². The van der Waals surface area contributed by atoms with Crippen LogP contribution in [0.4, 0.5) is 11.5 Å². The molecule has 5 nitrogen and oxygen atoms in total.